The van der Waals surface area contributed by atoms with Gasteiger partial charge in [0.05, 0.1) is 21.4 Å². The average molecular weight is 172 g/mol. The Balaban J connectivity index is 2.90. The standard InChI is InChI=1S/C5H4N2O3S/c8-6-2-5-1-4(3-11-5)7(9)10/h1-3,8H. The van der Waals surface area contributed by atoms with Crippen molar-refractivity contribution in [2.75, 3.05) is 0 Å². The van der Waals surface area contributed by atoms with E-state index in [1.165, 1.54) is 11.4 Å². The summed E-state index contributed by atoms with van der Waals surface area (Å²) in [4.78, 5) is 10.2. The molecule has 1 N–H and O–H groups in total. The second-order valence-electron chi connectivity index (χ2n) is 1.71. The minimum atomic E-state index is -0.495. The molecule has 0 saturated heterocycles. The Labute approximate surface area is 65.7 Å². The van der Waals surface area contributed by atoms with Gasteiger partial charge >= 0.3 is 0 Å². The highest BCUT2D eigenvalue weighted by Gasteiger charge is 2.06. The Hall–Kier alpha value is -1.43. The molecule has 1 rings (SSSR count). The van der Waals surface area contributed by atoms with Crippen LogP contribution in [0.5, 0.6) is 0 Å². The monoisotopic (exact) mass is 172 g/mol. The molecule has 1 aromatic heterocycles. The summed E-state index contributed by atoms with van der Waals surface area (Å²) in [6.45, 7) is 0. The van der Waals surface area contributed by atoms with Crippen LogP contribution in [0.1, 0.15) is 4.88 Å². The number of nitro groups is 1. The minimum absolute atomic E-state index is 0.0184. The molecular weight excluding hydrogens is 168 g/mol. The van der Waals surface area contributed by atoms with Gasteiger partial charge in [-0.3, -0.25) is 10.1 Å². The lowest BCUT2D eigenvalue weighted by Gasteiger charge is -1.78. The predicted octanol–water partition coefficient (Wildman–Crippen LogP) is 1.46. The summed E-state index contributed by atoms with van der Waals surface area (Å²) in [6, 6.07) is 1.34. The Morgan fingerprint density at radius 1 is 1.82 bits per heavy atom. The average Bonchev–Trinajstić information content (AvgIpc) is 2.37. The van der Waals surface area contributed by atoms with Gasteiger partial charge in [-0.25, -0.2) is 0 Å². The minimum Gasteiger partial charge on any atom is -0.411 e. The smallest absolute Gasteiger partial charge is 0.280 e. The van der Waals surface area contributed by atoms with Gasteiger partial charge in [0.1, 0.15) is 0 Å². The first-order chi connectivity index (χ1) is 5.24. The third-order valence-electron chi connectivity index (χ3n) is 1.00. The SMILES string of the molecule is O=[N+]([O-])c1csc(C=NO)c1. The molecule has 58 valence electrons. The van der Waals surface area contributed by atoms with Crippen LogP contribution in [0.25, 0.3) is 0 Å². The zero-order valence-corrected chi connectivity index (χ0v) is 6.11. The van der Waals surface area contributed by atoms with Gasteiger partial charge in [0.2, 0.25) is 0 Å². The van der Waals surface area contributed by atoms with E-state index in [-0.39, 0.29) is 5.69 Å². The quantitative estimate of drug-likeness (QED) is 0.317. The third kappa shape index (κ3) is 1.74. The van der Waals surface area contributed by atoms with Crippen molar-refractivity contribution in [2.45, 2.75) is 0 Å². The molecule has 1 heterocycles. The lowest BCUT2D eigenvalue weighted by atomic mass is 10.4. The van der Waals surface area contributed by atoms with E-state index in [1.807, 2.05) is 0 Å². The van der Waals surface area contributed by atoms with Crippen LogP contribution >= 0.6 is 11.3 Å². The highest BCUT2D eigenvalue weighted by Crippen LogP contribution is 2.19. The van der Waals surface area contributed by atoms with Gasteiger partial charge in [-0.2, -0.15) is 0 Å². The summed E-state index contributed by atoms with van der Waals surface area (Å²) < 4.78 is 0. The van der Waals surface area contributed by atoms with Crippen LogP contribution in [0, 0.1) is 10.1 Å². The van der Waals surface area contributed by atoms with Crippen LogP contribution in [-0.2, 0) is 0 Å². The molecule has 0 spiro atoms. The van der Waals surface area contributed by atoms with E-state index in [1.54, 1.807) is 0 Å². The molecular formula is C5H4N2O3S. The maximum atomic E-state index is 10.1. The summed E-state index contributed by atoms with van der Waals surface area (Å²) >= 11 is 1.15. The summed E-state index contributed by atoms with van der Waals surface area (Å²) in [6.07, 6.45) is 1.15. The number of thiophene rings is 1. The van der Waals surface area contributed by atoms with Crippen LogP contribution in [0.2, 0.25) is 0 Å². The van der Waals surface area contributed by atoms with E-state index in [2.05, 4.69) is 5.16 Å². The molecule has 0 fully saturated rings. The van der Waals surface area contributed by atoms with Gasteiger partial charge in [-0.05, 0) is 0 Å². The second-order valence-corrected chi connectivity index (χ2v) is 2.65. The van der Waals surface area contributed by atoms with Gasteiger partial charge in [0.25, 0.3) is 5.69 Å². The number of rotatable bonds is 2. The molecule has 0 aromatic carbocycles. The third-order valence-corrected chi connectivity index (χ3v) is 1.86. The van der Waals surface area contributed by atoms with Crippen LogP contribution in [0.3, 0.4) is 0 Å². The first-order valence-corrected chi connectivity index (χ1v) is 3.52. The van der Waals surface area contributed by atoms with Crippen molar-refractivity contribution < 1.29 is 10.1 Å². The van der Waals surface area contributed by atoms with Gasteiger partial charge in [0.15, 0.2) is 0 Å². The van der Waals surface area contributed by atoms with Crippen molar-refractivity contribution in [1.82, 2.24) is 0 Å². The maximum absolute atomic E-state index is 10.1. The zero-order valence-electron chi connectivity index (χ0n) is 5.30. The van der Waals surface area contributed by atoms with Crippen molar-refractivity contribution in [3.8, 4) is 0 Å². The van der Waals surface area contributed by atoms with E-state index >= 15 is 0 Å². The highest BCUT2D eigenvalue weighted by molar-refractivity contribution is 7.12. The van der Waals surface area contributed by atoms with E-state index in [9.17, 15) is 10.1 Å². The van der Waals surface area contributed by atoms with E-state index in [0.717, 1.165) is 17.6 Å². The zero-order chi connectivity index (χ0) is 8.27. The van der Waals surface area contributed by atoms with Gasteiger partial charge in [-0.1, -0.05) is 5.16 Å². The molecule has 0 aliphatic heterocycles. The van der Waals surface area contributed by atoms with Crippen molar-refractivity contribution >= 4 is 23.2 Å². The Morgan fingerprint density at radius 2 is 2.55 bits per heavy atom. The molecule has 1 aromatic rings. The molecule has 0 aliphatic carbocycles. The van der Waals surface area contributed by atoms with Crippen molar-refractivity contribution in [2.24, 2.45) is 5.16 Å². The summed E-state index contributed by atoms with van der Waals surface area (Å²) in [5.41, 5.74) is 0.0184. The predicted molar refractivity (Wildman–Crippen MR) is 40.4 cm³/mol. The number of oxime groups is 1. The summed E-state index contributed by atoms with van der Waals surface area (Å²) in [5.74, 6) is 0. The molecule has 0 aliphatic rings. The molecule has 11 heavy (non-hydrogen) atoms. The molecule has 0 saturated carbocycles. The fraction of sp³-hybridized carbons (Fsp3) is 0. The molecule has 0 amide bonds. The maximum Gasteiger partial charge on any atom is 0.280 e. The first kappa shape index (κ1) is 7.67. The van der Waals surface area contributed by atoms with E-state index in [4.69, 9.17) is 5.21 Å². The normalized spacial score (nSPS) is 10.5. The molecule has 0 unspecified atom stereocenters. The highest BCUT2D eigenvalue weighted by atomic mass is 32.1. The van der Waals surface area contributed by atoms with E-state index in [0.29, 0.717) is 4.88 Å². The molecule has 5 nitrogen and oxygen atoms in total. The Bertz CT molecular complexity index is 294. The Morgan fingerprint density at radius 3 is 3.00 bits per heavy atom. The van der Waals surface area contributed by atoms with Crippen molar-refractivity contribution in [3.05, 3.63) is 26.4 Å². The van der Waals surface area contributed by atoms with Crippen LogP contribution in [0.15, 0.2) is 16.6 Å². The molecule has 6 heteroatoms. The van der Waals surface area contributed by atoms with Gasteiger partial charge in [-0.15, -0.1) is 11.3 Å². The second kappa shape index (κ2) is 3.11. The van der Waals surface area contributed by atoms with Crippen molar-refractivity contribution in [1.29, 1.82) is 0 Å². The number of nitrogens with zero attached hydrogens (tertiary/aromatic N) is 2. The van der Waals surface area contributed by atoms with Crippen LogP contribution in [-0.4, -0.2) is 16.3 Å². The molecule has 0 radical (unpaired) electrons. The van der Waals surface area contributed by atoms with Gasteiger partial charge in [0, 0.05) is 6.07 Å². The largest absolute Gasteiger partial charge is 0.411 e. The van der Waals surface area contributed by atoms with Crippen molar-refractivity contribution in [3.63, 3.8) is 0 Å². The lowest BCUT2D eigenvalue weighted by Crippen LogP contribution is -1.83. The lowest BCUT2D eigenvalue weighted by molar-refractivity contribution is -0.384. The van der Waals surface area contributed by atoms with E-state index < -0.39 is 4.92 Å². The summed E-state index contributed by atoms with van der Waals surface area (Å²) in [7, 11) is 0. The fourth-order valence-electron chi connectivity index (χ4n) is 0.563. The topological polar surface area (TPSA) is 75.7 Å². The first-order valence-electron chi connectivity index (χ1n) is 2.64. The number of hydrogen-bond donors (Lipinski definition) is 1. The Kier molecular flexibility index (Phi) is 2.17. The summed E-state index contributed by atoms with van der Waals surface area (Å²) in [5, 5.41) is 22.3. The molecule has 0 atom stereocenters. The number of hydrogen-bond acceptors (Lipinski definition) is 5. The van der Waals surface area contributed by atoms with Crippen LogP contribution < -0.4 is 0 Å². The molecule has 0 bridgehead atoms. The van der Waals surface area contributed by atoms with Gasteiger partial charge < -0.3 is 5.21 Å². The van der Waals surface area contributed by atoms with Crippen LogP contribution in [0.4, 0.5) is 5.69 Å². The fourth-order valence-corrected chi connectivity index (χ4v) is 1.27.